The number of hydroxylamine groups is 1. The van der Waals surface area contributed by atoms with Crippen molar-refractivity contribution in [3.05, 3.63) is 81.5 Å². The van der Waals surface area contributed by atoms with Gasteiger partial charge in [0.1, 0.15) is 0 Å². The number of halogens is 3. The molecule has 3 aromatic carbocycles. The highest BCUT2D eigenvalue weighted by molar-refractivity contribution is 9.10. The number of carbonyl (C=O) groups excluding carboxylic acids is 1. The van der Waals surface area contributed by atoms with Crippen LogP contribution >= 0.6 is 39.3 Å². The van der Waals surface area contributed by atoms with E-state index in [4.69, 9.17) is 16.4 Å². The van der Waals surface area contributed by atoms with Crippen LogP contribution in [0.15, 0.2) is 75.0 Å². The van der Waals surface area contributed by atoms with E-state index in [0.717, 1.165) is 16.6 Å². The third kappa shape index (κ3) is 7.46. The summed E-state index contributed by atoms with van der Waals surface area (Å²) in [5.74, 6) is -0.408. The first-order chi connectivity index (χ1) is 16.5. The fourth-order valence-corrected chi connectivity index (χ4v) is 4.44. The van der Waals surface area contributed by atoms with Crippen molar-refractivity contribution in [1.82, 2.24) is 5.48 Å². The molecule has 178 valence electrons. The highest BCUT2D eigenvalue weighted by atomic mass is 79.9. The van der Waals surface area contributed by atoms with Crippen molar-refractivity contribution >= 4 is 68.6 Å². The molecule has 0 unspecified atom stereocenters. The summed E-state index contributed by atoms with van der Waals surface area (Å²) in [6.07, 6.45) is 2.08. The summed E-state index contributed by atoms with van der Waals surface area (Å²) >= 11 is 11.3. The summed E-state index contributed by atoms with van der Waals surface area (Å²) in [4.78, 5) is 23.1. The predicted molar refractivity (Wildman–Crippen MR) is 142 cm³/mol. The van der Waals surface area contributed by atoms with Crippen molar-refractivity contribution in [3.8, 4) is 0 Å². The lowest BCUT2D eigenvalue weighted by Gasteiger charge is -2.16. The van der Waals surface area contributed by atoms with Gasteiger partial charge in [0.15, 0.2) is 5.82 Å². The SMILES string of the molecule is CN=CNc1ccc(C(=O)NOCCCSc2ccccc2)c(Nc2ccc(Br)cc2Cl)c1F. The first-order valence-corrected chi connectivity index (χ1v) is 12.5. The number of aliphatic imine (C=N–C) groups is 1. The van der Waals surface area contributed by atoms with Gasteiger partial charge in [-0.3, -0.25) is 14.6 Å². The Morgan fingerprint density at radius 3 is 2.68 bits per heavy atom. The first-order valence-electron chi connectivity index (χ1n) is 10.3. The first kappa shape index (κ1) is 26.0. The smallest absolute Gasteiger partial charge is 0.277 e. The van der Waals surface area contributed by atoms with Gasteiger partial charge in [-0.1, -0.05) is 45.7 Å². The van der Waals surface area contributed by atoms with Gasteiger partial charge in [0.05, 0.1) is 40.6 Å². The topological polar surface area (TPSA) is 74.8 Å². The number of benzene rings is 3. The van der Waals surface area contributed by atoms with E-state index in [1.54, 1.807) is 37.0 Å². The van der Waals surface area contributed by atoms with Gasteiger partial charge >= 0.3 is 0 Å². The molecular weight excluding hydrogens is 543 g/mol. The quantitative estimate of drug-likeness (QED) is 0.0775. The number of thioether (sulfide) groups is 1. The molecule has 3 aromatic rings. The molecule has 6 nitrogen and oxygen atoms in total. The minimum absolute atomic E-state index is 0.0422. The van der Waals surface area contributed by atoms with E-state index in [9.17, 15) is 4.79 Å². The molecule has 0 aliphatic carbocycles. The number of anilines is 3. The maximum atomic E-state index is 15.3. The molecule has 0 heterocycles. The predicted octanol–water partition coefficient (Wildman–Crippen LogP) is 6.90. The molecule has 1 amide bonds. The standard InChI is InChI=1S/C24H23BrClFN4O2S/c1-28-15-29-21-11-9-18(23(22(21)27)30-20-10-8-16(25)14-19(20)26)24(32)31-33-12-5-13-34-17-6-3-2-4-7-17/h2-4,6-11,14-15,30H,5,12-13H2,1H3,(H,28,29)(H,31,32). The number of amides is 1. The number of hydrogen-bond donors (Lipinski definition) is 3. The van der Waals surface area contributed by atoms with Crippen LogP contribution in [0, 0.1) is 5.82 Å². The zero-order chi connectivity index (χ0) is 24.3. The Hall–Kier alpha value is -2.59. The number of rotatable bonds is 11. The van der Waals surface area contributed by atoms with E-state index >= 15 is 4.39 Å². The van der Waals surface area contributed by atoms with Gasteiger partial charge in [0.2, 0.25) is 0 Å². The molecule has 0 aliphatic rings. The second-order valence-electron chi connectivity index (χ2n) is 6.93. The second kappa shape index (κ2) is 13.3. The summed E-state index contributed by atoms with van der Waals surface area (Å²) in [6.45, 7) is 0.321. The number of nitrogens with one attached hydrogen (secondary N) is 3. The second-order valence-corrected chi connectivity index (χ2v) is 9.42. The fourth-order valence-electron chi connectivity index (χ4n) is 2.87. The molecule has 0 radical (unpaired) electrons. The van der Waals surface area contributed by atoms with Crippen molar-refractivity contribution in [2.75, 3.05) is 30.0 Å². The minimum atomic E-state index is -0.661. The van der Waals surface area contributed by atoms with Crippen LogP contribution in [-0.2, 0) is 4.84 Å². The van der Waals surface area contributed by atoms with Gasteiger partial charge in [0, 0.05) is 22.2 Å². The molecule has 34 heavy (non-hydrogen) atoms. The zero-order valence-corrected chi connectivity index (χ0v) is 21.4. The monoisotopic (exact) mass is 564 g/mol. The maximum Gasteiger partial charge on any atom is 0.277 e. The lowest BCUT2D eigenvalue weighted by atomic mass is 10.1. The molecule has 10 heteroatoms. The highest BCUT2D eigenvalue weighted by Gasteiger charge is 2.20. The van der Waals surface area contributed by atoms with Crippen LogP contribution < -0.4 is 16.1 Å². The number of carbonyl (C=O) groups is 1. The third-order valence-corrected chi connectivity index (χ3v) is 6.40. The van der Waals surface area contributed by atoms with Gasteiger partial charge in [-0.15, -0.1) is 11.8 Å². The van der Waals surface area contributed by atoms with E-state index < -0.39 is 11.7 Å². The lowest BCUT2D eigenvalue weighted by molar-refractivity contribution is 0.0318. The molecule has 0 saturated carbocycles. The Kier molecular flexibility index (Phi) is 10.2. The van der Waals surface area contributed by atoms with Crippen LogP contribution in [0.5, 0.6) is 0 Å². The molecular formula is C24H23BrClFN4O2S. The van der Waals surface area contributed by atoms with Crippen LogP contribution in [0.3, 0.4) is 0 Å². The summed E-state index contributed by atoms with van der Waals surface area (Å²) in [5, 5.41) is 6.04. The normalized spacial score (nSPS) is 10.9. The summed E-state index contributed by atoms with van der Waals surface area (Å²) < 4.78 is 16.1. The lowest BCUT2D eigenvalue weighted by Crippen LogP contribution is -2.25. The van der Waals surface area contributed by atoms with Gasteiger partial charge in [-0.25, -0.2) is 9.87 Å². The minimum Gasteiger partial charge on any atom is -0.351 e. The Balaban J connectivity index is 1.67. The Morgan fingerprint density at radius 2 is 1.94 bits per heavy atom. The molecule has 0 aliphatic heterocycles. The fraction of sp³-hybridized carbons (Fsp3) is 0.167. The molecule has 0 saturated heterocycles. The molecule has 0 aromatic heterocycles. The van der Waals surface area contributed by atoms with Crippen LogP contribution in [0.25, 0.3) is 0 Å². The van der Waals surface area contributed by atoms with E-state index in [-0.39, 0.29) is 16.9 Å². The van der Waals surface area contributed by atoms with E-state index in [1.807, 2.05) is 30.3 Å². The number of hydrogen-bond acceptors (Lipinski definition) is 5. The Morgan fingerprint density at radius 1 is 1.18 bits per heavy atom. The van der Waals surface area contributed by atoms with Crippen molar-refractivity contribution in [3.63, 3.8) is 0 Å². The summed E-state index contributed by atoms with van der Waals surface area (Å²) in [7, 11) is 1.56. The summed E-state index contributed by atoms with van der Waals surface area (Å²) in [5.41, 5.74) is 3.01. The van der Waals surface area contributed by atoms with Crippen molar-refractivity contribution in [2.45, 2.75) is 11.3 Å². The van der Waals surface area contributed by atoms with Crippen molar-refractivity contribution in [1.29, 1.82) is 0 Å². The zero-order valence-electron chi connectivity index (χ0n) is 18.3. The maximum absolute atomic E-state index is 15.3. The van der Waals surface area contributed by atoms with Crippen LogP contribution in [0.4, 0.5) is 21.5 Å². The third-order valence-electron chi connectivity index (χ3n) is 4.49. The molecule has 3 N–H and O–H groups in total. The molecule has 3 rings (SSSR count). The molecule has 0 fully saturated rings. The Bertz CT molecular complexity index is 1150. The van der Waals surface area contributed by atoms with Crippen LogP contribution in [-0.4, -0.2) is 31.7 Å². The van der Waals surface area contributed by atoms with E-state index in [1.165, 1.54) is 23.4 Å². The van der Waals surface area contributed by atoms with E-state index in [2.05, 4.69) is 37.0 Å². The van der Waals surface area contributed by atoms with Crippen LogP contribution in [0.2, 0.25) is 5.02 Å². The number of nitrogens with zero attached hydrogens (tertiary/aromatic N) is 1. The van der Waals surface area contributed by atoms with Crippen molar-refractivity contribution in [2.24, 2.45) is 4.99 Å². The van der Waals surface area contributed by atoms with Gasteiger partial charge in [0.25, 0.3) is 5.91 Å². The largest absolute Gasteiger partial charge is 0.351 e. The average Bonchev–Trinajstić information content (AvgIpc) is 2.83. The summed E-state index contributed by atoms with van der Waals surface area (Å²) in [6, 6.07) is 18.1. The molecule has 0 bridgehead atoms. The van der Waals surface area contributed by atoms with Gasteiger partial charge < -0.3 is 10.6 Å². The Labute approximate surface area is 215 Å². The average molecular weight is 566 g/mol. The van der Waals surface area contributed by atoms with Crippen LogP contribution in [0.1, 0.15) is 16.8 Å². The van der Waals surface area contributed by atoms with Gasteiger partial charge in [-0.2, -0.15) is 0 Å². The highest BCUT2D eigenvalue weighted by Crippen LogP contribution is 2.33. The molecule has 0 atom stereocenters. The molecule has 0 spiro atoms. The van der Waals surface area contributed by atoms with Crippen molar-refractivity contribution < 1.29 is 14.0 Å². The van der Waals surface area contributed by atoms with E-state index in [0.29, 0.717) is 17.3 Å². The van der Waals surface area contributed by atoms with Gasteiger partial charge in [-0.05, 0) is 48.9 Å².